The molecule has 104 valence electrons. The molecule has 1 aliphatic rings. The lowest BCUT2D eigenvalue weighted by Gasteiger charge is -2.33. The summed E-state index contributed by atoms with van der Waals surface area (Å²) in [6.07, 6.45) is 3.65. The summed E-state index contributed by atoms with van der Waals surface area (Å²) in [5.41, 5.74) is 0. The van der Waals surface area contributed by atoms with Crippen molar-refractivity contribution in [1.29, 1.82) is 0 Å². The molecule has 2 nitrogen and oxygen atoms in total. The van der Waals surface area contributed by atoms with E-state index >= 15 is 0 Å². The number of rotatable bonds is 4. The van der Waals surface area contributed by atoms with Crippen molar-refractivity contribution in [2.24, 2.45) is 17.8 Å². The Morgan fingerprint density at radius 3 is 2.53 bits per heavy atom. The van der Waals surface area contributed by atoms with Gasteiger partial charge in [0.15, 0.2) is 0 Å². The largest absolute Gasteiger partial charge is 0.548 e. The molecule has 0 radical (unpaired) electrons. The van der Waals surface area contributed by atoms with Crippen LogP contribution in [0.25, 0.3) is 0 Å². The van der Waals surface area contributed by atoms with Gasteiger partial charge in [0.05, 0.1) is 0 Å². The van der Waals surface area contributed by atoms with Crippen molar-refractivity contribution >= 4 is 13.3 Å². The number of hydrogen-bond acceptors (Lipinski definition) is 2. The fourth-order valence-corrected chi connectivity index (χ4v) is 4.00. The summed E-state index contributed by atoms with van der Waals surface area (Å²) in [6, 6.07) is 9.53. The van der Waals surface area contributed by atoms with Gasteiger partial charge in [-0.25, -0.2) is 0 Å². The van der Waals surface area contributed by atoms with Crippen LogP contribution in [-0.2, 0) is 9.09 Å². The molecular formula is C16H24O2P+. The second kappa shape index (κ2) is 6.63. The standard InChI is InChI=1S/C16H24O2P/c1-12(2)15-10-9-13(3)11-16(15)18-19(17)14-7-5-4-6-8-14/h4-8,12-13,15-16H,9-11H2,1-3H3/q+1/t13-,15-,16+/m0/s1. The Kier molecular flexibility index (Phi) is 5.13. The molecule has 3 heteroatoms. The van der Waals surface area contributed by atoms with Crippen LogP contribution in [0.2, 0.25) is 0 Å². The van der Waals surface area contributed by atoms with Crippen molar-refractivity contribution in [3.8, 4) is 0 Å². The van der Waals surface area contributed by atoms with Crippen LogP contribution >= 0.6 is 8.03 Å². The molecule has 0 bridgehead atoms. The first kappa shape index (κ1) is 14.7. The molecule has 1 aromatic rings. The van der Waals surface area contributed by atoms with E-state index in [-0.39, 0.29) is 6.10 Å². The van der Waals surface area contributed by atoms with Crippen molar-refractivity contribution in [3.05, 3.63) is 30.3 Å². The molecule has 0 heterocycles. The predicted octanol–water partition coefficient (Wildman–Crippen LogP) is 4.53. The lowest BCUT2D eigenvalue weighted by molar-refractivity contribution is 0.0538. The Hall–Kier alpha value is -0.720. The Labute approximate surface area is 117 Å². The second-order valence-corrected chi connectivity index (χ2v) is 7.30. The molecule has 0 aromatic heterocycles. The molecule has 19 heavy (non-hydrogen) atoms. The van der Waals surface area contributed by atoms with Gasteiger partial charge in [0.2, 0.25) is 5.30 Å². The molecule has 1 fully saturated rings. The average Bonchev–Trinajstić information content (AvgIpc) is 2.39. The Morgan fingerprint density at radius 2 is 1.89 bits per heavy atom. The highest BCUT2D eigenvalue weighted by molar-refractivity contribution is 7.48. The molecule has 0 aliphatic heterocycles. The average molecular weight is 279 g/mol. The van der Waals surface area contributed by atoms with Crippen LogP contribution in [0.5, 0.6) is 0 Å². The summed E-state index contributed by atoms with van der Waals surface area (Å²) >= 11 is 0. The zero-order valence-electron chi connectivity index (χ0n) is 12.1. The highest BCUT2D eigenvalue weighted by Gasteiger charge is 2.38. The lowest BCUT2D eigenvalue weighted by atomic mass is 9.75. The predicted molar refractivity (Wildman–Crippen MR) is 79.9 cm³/mol. The van der Waals surface area contributed by atoms with Crippen molar-refractivity contribution in [3.63, 3.8) is 0 Å². The van der Waals surface area contributed by atoms with Gasteiger partial charge in [-0.2, -0.15) is 0 Å². The first-order valence-electron chi connectivity index (χ1n) is 7.27. The quantitative estimate of drug-likeness (QED) is 0.757. The second-order valence-electron chi connectivity index (χ2n) is 6.06. The van der Waals surface area contributed by atoms with Gasteiger partial charge in [0.25, 0.3) is 0 Å². The van der Waals surface area contributed by atoms with E-state index in [0.29, 0.717) is 17.8 Å². The van der Waals surface area contributed by atoms with Crippen LogP contribution in [0.1, 0.15) is 40.0 Å². The third-order valence-electron chi connectivity index (χ3n) is 4.16. The van der Waals surface area contributed by atoms with Gasteiger partial charge in [-0.15, -0.1) is 4.52 Å². The summed E-state index contributed by atoms with van der Waals surface area (Å²) in [4.78, 5) is 0. The lowest BCUT2D eigenvalue weighted by Crippen LogP contribution is -2.33. The summed E-state index contributed by atoms with van der Waals surface area (Å²) in [5.74, 6) is 1.81. The SMILES string of the molecule is CC(C)[C@@H]1CC[C@H](C)C[C@H]1O[P+](=O)c1ccccc1. The van der Waals surface area contributed by atoms with Crippen LogP contribution in [0.3, 0.4) is 0 Å². The van der Waals surface area contributed by atoms with Gasteiger partial charge in [-0.05, 0) is 47.3 Å². The molecule has 1 unspecified atom stereocenters. The van der Waals surface area contributed by atoms with Crippen molar-refractivity contribution in [2.45, 2.75) is 46.1 Å². The van der Waals surface area contributed by atoms with Gasteiger partial charge in [0, 0.05) is 0 Å². The molecule has 4 atom stereocenters. The zero-order valence-corrected chi connectivity index (χ0v) is 13.0. The van der Waals surface area contributed by atoms with E-state index in [2.05, 4.69) is 20.8 Å². The minimum absolute atomic E-state index is 0.146. The van der Waals surface area contributed by atoms with Gasteiger partial charge in [0.1, 0.15) is 6.10 Å². The molecule has 1 aliphatic carbocycles. The fraction of sp³-hybridized carbons (Fsp3) is 0.625. The molecule has 0 N–H and O–H groups in total. The number of benzene rings is 1. The summed E-state index contributed by atoms with van der Waals surface area (Å²) in [5, 5.41) is 0.804. The summed E-state index contributed by atoms with van der Waals surface area (Å²) < 4.78 is 18.2. The summed E-state index contributed by atoms with van der Waals surface area (Å²) in [7, 11) is -1.72. The van der Waals surface area contributed by atoms with Crippen LogP contribution in [0.4, 0.5) is 0 Å². The van der Waals surface area contributed by atoms with E-state index in [0.717, 1.165) is 11.7 Å². The molecule has 1 saturated carbocycles. The first-order valence-corrected chi connectivity index (χ1v) is 8.44. The first-order chi connectivity index (χ1) is 9.08. The highest BCUT2D eigenvalue weighted by Crippen LogP contribution is 2.39. The van der Waals surface area contributed by atoms with Crippen molar-refractivity contribution < 1.29 is 9.09 Å². The Bertz CT molecular complexity index is 416. The molecule has 2 rings (SSSR count). The maximum absolute atomic E-state index is 12.3. The van der Waals surface area contributed by atoms with Crippen molar-refractivity contribution in [2.75, 3.05) is 0 Å². The zero-order chi connectivity index (χ0) is 13.8. The highest BCUT2D eigenvalue weighted by atomic mass is 31.1. The van der Waals surface area contributed by atoms with Crippen LogP contribution < -0.4 is 5.30 Å². The molecular weight excluding hydrogens is 255 g/mol. The van der Waals surface area contributed by atoms with Gasteiger partial charge >= 0.3 is 8.03 Å². The van der Waals surface area contributed by atoms with E-state index < -0.39 is 8.03 Å². The maximum atomic E-state index is 12.3. The minimum Gasteiger partial charge on any atom is -0.138 e. The van der Waals surface area contributed by atoms with E-state index in [4.69, 9.17) is 4.52 Å². The Morgan fingerprint density at radius 1 is 1.21 bits per heavy atom. The van der Waals surface area contributed by atoms with E-state index in [1.54, 1.807) is 0 Å². The van der Waals surface area contributed by atoms with Crippen LogP contribution in [0, 0.1) is 17.8 Å². The van der Waals surface area contributed by atoms with Crippen LogP contribution in [0.15, 0.2) is 30.3 Å². The van der Waals surface area contributed by atoms with E-state index in [9.17, 15) is 4.57 Å². The van der Waals surface area contributed by atoms with Gasteiger partial charge < -0.3 is 0 Å². The monoisotopic (exact) mass is 279 g/mol. The molecule has 0 spiro atoms. The van der Waals surface area contributed by atoms with Gasteiger partial charge in [-0.1, -0.05) is 45.4 Å². The van der Waals surface area contributed by atoms with Crippen LogP contribution in [-0.4, -0.2) is 6.10 Å². The Balaban J connectivity index is 2.04. The third kappa shape index (κ3) is 3.87. The molecule has 0 saturated heterocycles. The topological polar surface area (TPSA) is 26.3 Å². The smallest absolute Gasteiger partial charge is 0.138 e. The third-order valence-corrected chi connectivity index (χ3v) is 5.34. The maximum Gasteiger partial charge on any atom is 0.548 e. The van der Waals surface area contributed by atoms with E-state index in [1.165, 1.54) is 12.8 Å². The fourth-order valence-electron chi connectivity index (χ4n) is 2.97. The summed E-state index contributed by atoms with van der Waals surface area (Å²) in [6.45, 7) is 6.75. The van der Waals surface area contributed by atoms with Gasteiger partial charge in [-0.3, -0.25) is 0 Å². The van der Waals surface area contributed by atoms with E-state index in [1.807, 2.05) is 30.3 Å². The minimum atomic E-state index is -1.72. The normalized spacial score (nSPS) is 28.4. The number of hydrogen-bond donors (Lipinski definition) is 0. The van der Waals surface area contributed by atoms with Crippen molar-refractivity contribution in [1.82, 2.24) is 0 Å². The molecule has 0 amide bonds. The molecule has 1 aromatic carbocycles.